The summed E-state index contributed by atoms with van der Waals surface area (Å²) in [5.74, 6) is 0. The number of rotatable bonds is 3. The Morgan fingerprint density at radius 3 is 2.11 bits per heavy atom. The first-order valence-corrected chi connectivity index (χ1v) is 3.24. The number of hydrogen-bond acceptors (Lipinski definition) is 5. The number of nitrogens with one attached hydrogen (secondary N) is 1. The van der Waals surface area contributed by atoms with Gasteiger partial charge in [0.1, 0.15) is 0 Å². The van der Waals surface area contributed by atoms with Gasteiger partial charge in [-0.2, -0.15) is 0 Å². The second-order valence-corrected chi connectivity index (χ2v) is 2.03. The fourth-order valence-corrected chi connectivity index (χ4v) is 0.463. The van der Waals surface area contributed by atoms with E-state index in [1.807, 2.05) is 0 Å². The minimum atomic E-state index is -4.64. The van der Waals surface area contributed by atoms with Crippen molar-refractivity contribution in [3.05, 3.63) is 0 Å². The maximum atomic E-state index is 9.44. The summed E-state index contributed by atoms with van der Waals surface area (Å²) < 4.78 is 40.8. The molecule has 0 fully saturated rings. The molecular weight excluding hydrogens is 185 g/mol. The molecule has 0 aromatic carbocycles. The molecule has 0 aliphatic rings. The molecule has 0 aromatic heterocycles. The van der Waals surface area contributed by atoms with Gasteiger partial charge in [-0.05, 0) is 4.89 Å². The van der Waals surface area contributed by atoms with E-state index in [2.05, 4.69) is 4.39 Å². The summed E-state index contributed by atoms with van der Waals surface area (Å²) in [4.78, 5) is 0.914. The summed E-state index contributed by atoms with van der Waals surface area (Å²) in [5, 5.41) is 0. The van der Waals surface area contributed by atoms with E-state index < -0.39 is 10.3 Å². The van der Waals surface area contributed by atoms with Gasteiger partial charge < -0.3 is 9.21 Å². The molecule has 0 aliphatic carbocycles. The Morgan fingerprint density at radius 1 is 1.56 bits per heavy atom. The Balaban J connectivity index is 0. The van der Waals surface area contributed by atoms with Gasteiger partial charge in [-0.3, -0.25) is 0 Å². The van der Waals surface area contributed by atoms with Gasteiger partial charge in [-0.1, -0.05) is 0 Å². The van der Waals surface area contributed by atoms with Crippen LogP contribution in [0.3, 0.4) is 0 Å². The molecule has 0 spiro atoms. The van der Waals surface area contributed by atoms with Crippen LogP contribution in [0.15, 0.2) is 0 Å². The molecule has 9 heteroatoms. The maximum absolute atomic E-state index is 9.44. The van der Waals surface area contributed by atoms with Crippen molar-refractivity contribution >= 4 is 10.3 Å². The van der Waals surface area contributed by atoms with Gasteiger partial charge in [0.2, 0.25) is 0 Å². The smallest absolute Gasteiger partial charge is 0.734 e. The molecule has 1 N–H and O–H groups in total. The Bertz CT molecular complexity index is 141. The summed E-state index contributed by atoms with van der Waals surface area (Å²) >= 11 is -0.113. The van der Waals surface area contributed by atoms with Crippen LogP contribution in [0.2, 0.25) is 0 Å². The van der Waals surface area contributed by atoms with Crippen LogP contribution in [0.5, 0.6) is 0 Å². The molecule has 0 atom stereocenters. The summed E-state index contributed by atoms with van der Waals surface area (Å²) in [6.45, 7) is 0. The van der Waals surface area contributed by atoms with E-state index in [0.29, 0.717) is 0 Å². The Morgan fingerprint density at radius 2 is 2.00 bits per heavy atom. The zero-order chi connectivity index (χ0) is 6.62. The van der Waals surface area contributed by atoms with Crippen LogP contribution in [-0.2, 0) is 14.7 Å². The Hall–Kier alpha value is 1.08. The van der Waals surface area contributed by atoms with E-state index in [4.69, 9.17) is 4.66 Å². The third-order valence-corrected chi connectivity index (χ3v) is 0.684. The van der Waals surface area contributed by atoms with E-state index in [9.17, 15) is 13.0 Å². The van der Waals surface area contributed by atoms with Crippen molar-refractivity contribution in [2.24, 2.45) is 0 Å². The summed E-state index contributed by atoms with van der Waals surface area (Å²) in [6.07, 6.45) is 0. The molecule has 6 nitrogen and oxygen atoms in total. The maximum Gasteiger partial charge on any atom is 1.00 e. The molecule has 0 saturated heterocycles. The fourth-order valence-electron chi connectivity index (χ4n) is 0.0514. The largest absolute Gasteiger partial charge is 1.00 e. The number of hydrogen-bond donors (Lipinski definition) is 1. The molecule has 0 heterocycles. The molecule has 0 amide bonds. The van der Waals surface area contributed by atoms with Gasteiger partial charge in [-0.15, -0.1) is 0 Å². The van der Waals surface area contributed by atoms with Gasteiger partial charge in [-0.25, -0.2) is 8.42 Å². The van der Waals surface area contributed by atoms with Crippen molar-refractivity contribution in [3.63, 3.8) is 0 Å². The van der Waals surface area contributed by atoms with Crippen LogP contribution in [0.4, 0.5) is 0 Å². The van der Waals surface area contributed by atoms with Crippen LogP contribution in [0, 0.1) is 11.3 Å². The molecule has 0 unspecified atom stereocenters. The predicted octanol–water partition coefficient (Wildman–Crippen LogP) is -5.75. The normalized spacial score (nSPS) is 10.4. The van der Waals surface area contributed by atoms with Crippen LogP contribution in [-0.4, -0.2) is 13.0 Å². The third kappa shape index (κ3) is 12.3. The van der Waals surface area contributed by atoms with E-state index in [-0.39, 0.29) is 40.9 Å². The second kappa shape index (κ2) is 5.83. The van der Waals surface area contributed by atoms with Crippen molar-refractivity contribution in [2.45, 2.75) is 0 Å². The third-order valence-electron chi connectivity index (χ3n) is 0.165. The van der Waals surface area contributed by atoms with Crippen LogP contribution in [0.1, 0.15) is 0 Å². The van der Waals surface area contributed by atoms with Gasteiger partial charge in [0.25, 0.3) is 0 Å². The fraction of sp³-hybridized carbons (Fsp3) is 0. The monoisotopic (exact) mass is 185 g/mol. The van der Waals surface area contributed by atoms with Gasteiger partial charge in [0, 0.05) is 4.39 Å². The van der Waals surface area contributed by atoms with Crippen molar-refractivity contribution < 1.29 is 62.9 Å². The number of halogens is 1. The van der Waals surface area contributed by atoms with Crippen molar-refractivity contribution in [3.8, 4) is 0 Å². The van der Waals surface area contributed by atoms with E-state index in [1.54, 1.807) is 0 Å². The topological polar surface area (TPSA) is 102 Å². The Kier molecular flexibility index (Phi) is 8.25. The second-order valence-electron chi connectivity index (χ2n) is 0.678. The van der Waals surface area contributed by atoms with Gasteiger partial charge >= 0.3 is 40.9 Å². The molecular formula is HClNNaO5S. The SMILES string of the molecule is O=S(=O)([O-])NO[Cl+][O-].[Na+]. The molecule has 9 heavy (non-hydrogen) atoms. The van der Waals surface area contributed by atoms with Crippen molar-refractivity contribution in [2.75, 3.05) is 0 Å². The first kappa shape index (κ1) is 12.7. The van der Waals surface area contributed by atoms with Crippen LogP contribution in [0.25, 0.3) is 0 Å². The standard InChI is InChI=1S/ClH2NO5S.Na/c3-1-7-2-8(4,5)6;/h2H,(H,4,5,6);/q;+1/p-1. The predicted molar refractivity (Wildman–Crippen MR) is 13.9 cm³/mol. The van der Waals surface area contributed by atoms with E-state index in [1.165, 1.54) is 0 Å². The first-order chi connectivity index (χ1) is 3.56. The molecule has 0 rings (SSSR count). The summed E-state index contributed by atoms with van der Waals surface area (Å²) in [6, 6.07) is 0. The van der Waals surface area contributed by atoms with Gasteiger partial charge in [0.15, 0.2) is 10.3 Å². The van der Waals surface area contributed by atoms with E-state index in [0.717, 1.165) is 4.89 Å². The quantitative estimate of drug-likeness (QED) is 0.268. The van der Waals surface area contributed by atoms with Crippen molar-refractivity contribution in [1.29, 1.82) is 0 Å². The summed E-state index contributed by atoms with van der Waals surface area (Å²) in [5.41, 5.74) is 0. The summed E-state index contributed by atoms with van der Waals surface area (Å²) in [7, 11) is -4.64. The molecule has 0 saturated carbocycles. The van der Waals surface area contributed by atoms with Crippen LogP contribution < -0.4 is 39.1 Å². The van der Waals surface area contributed by atoms with Crippen LogP contribution >= 0.6 is 0 Å². The average Bonchev–Trinajstić information content (AvgIpc) is 1.59. The molecule has 50 valence electrons. The van der Waals surface area contributed by atoms with Gasteiger partial charge in [0.05, 0.1) is 0 Å². The molecule has 0 aromatic rings. The zero-order valence-electron chi connectivity index (χ0n) is 4.33. The molecule has 0 bridgehead atoms. The van der Waals surface area contributed by atoms with Crippen molar-refractivity contribution in [1.82, 2.24) is 4.89 Å². The molecule has 0 radical (unpaired) electrons. The first-order valence-electron chi connectivity index (χ1n) is 1.22. The minimum absolute atomic E-state index is 0. The average molecular weight is 186 g/mol. The van der Waals surface area contributed by atoms with E-state index >= 15 is 0 Å². The minimum Gasteiger partial charge on any atom is -0.734 e. The zero-order valence-corrected chi connectivity index (χ0v) is 7.90. The molecule has 0 aliphatic heterocycles. The Labute approximate surface area is 77.8 Å².